The molecule has 21 heavy (non-hydrogen) atoms. The van der Waals surface area contributed by atoms with Gasteiger partial charge in [-0.05, 0) is 30.0 Å². The first-order chi connectivity index (χ1) is 10.2. The van der Waals surface area contributed by atoms with E-state index in [1.165, 1.54) is 4.88 Å². The van der Waals surface area contributed by atoms with Crippen molar-refractivity contribution in [3.8, 4) is 0 Å². The molecule has 1 N–H and O–H groups in total. The van der Waals surface area contributed by atoms with Gasteiger partial charge in [-0.3, -0.25) is 0 Å². The molecule has 108 valence electrons. The highest BCUT2D eigenvalue weighted by Gasteiger charge is 2.16. The predicted molar refractivity (Wildman–Crippen MR) is 84.1 cm³/mol. The van der Waals surface area contributed by atoms with E-state index in [1.54, 1.807) is 23.5 Å². The van der Waals surface area contributed by atoms with Crippen molar-refractivity contribution >= 4 is 28.3 Å². The first-order valence-electron chi connectivity index (χ1n) is 6.94. The van der Waals surface area contributed by atoms with Crippen LogP contribution in [0, 0.1) is 0 Å². The molecule has 0 saturated carbocycles. The van der Waals surface area contributed by atoms with E-state index in [9.17, 15) is 9.90 Å². The molecule has 0 aliphatic rings. The normalized spacial score (nSPS) is 11.1. The van der Waals surface area contributed by atoms with E-state index < -0.39 is 5.97 Å². The van der Waals surface area contributed by atoms with Crippen LogP contribution in [0.1, 0.15) is 34.4 Å². The molecule has 5 heteroatoms. The van der Waals surface area contributed by atoms with Crippen molar-refractivity contribution < 1.29 is 9.90 Å². The van der Waals surface area contributed by atoms with E-state index in [0.29, 0.717) is 5.52 Å². The summed E-state index contributed by atoms with van der Waals surface area (Å²) < 4.78 is 2.14. The molecule has 2 aromatic heterocycles. The molecule has 0 unspecified atom stereocenters. The predicted octanol–water partition coefficient (Wildman–Crippen LogP) is 3.80. The molecule has 4 nitrogen and oxygen atoms in total. The Labute approximate surface area is 126 Å². The second kappa shape index (κ2) is 5.69. The molecule has 0 aliphatic heterocycles. The molecule has 1 aromatic carbocycles. The number of rotatable bonds is 5. The Morgan fingerprint density at radius 1 is 1.33 bits per heavy atom. The number of thiophene rings is 1. The zero-order valence-electron chi connectivity index (χ0n) is 11.7. The van der Waals surface area contributed by atoms with Crippen molar-refractivity contribution in [1.29, 1.82) is 0 Å². The summed E-state index contributed by atoms with van der Waals surface area (Å²) in [4.78, 5) is 17.2. The number of aromatic nitrogens is 2. The molecule has 2 heterocycles. The van der Waals surface area contributed by atoms with Gasteiger partial charge in [-0.2, -0.15) is 0 Å². The monoisotopic (exact) mass is 300 g/mol. The van der Waals surface area contributed by atoms with Crippen LogP contribution in [0.3, 0.4) is 0 Å². The van der Waals surface area contributed by atoms with Crippen LogP contribution >= 0.6 is 11.3 Å². The lowest BCUT2D eigenvalue weighted by atomic mass is 10.2. The molecule has 0 radical (unpaired) electrons. The van der Waals surface area contributed by atoms with Crippen LogP contribution in [0.4, 0.5) is 0 Å². The van der Waals surface area contributed by atoms with Crippen LogP contribution in [0.2, 0.25) is 0 Å². The largest absolute Gasteiger partial charge is 0.478 e. The molecule has 0 amide bonds. The van der Waals surface area contributed by atoms with Crippen LogP contribution in [0.5, 0.6) is 0 Å². The van der Waals surface area contributed by atoms with E-state index >= 15 is 0 Å². The van der Waals surface area contributed by atoms with Crippen molar-refractivity contribution in [3.05, 3.63) is 52.0 Å². The topological polar surface area (TPSA) is 55.1 Å². The number of carboxylic acid groups (broad SMARTS) is 1. The van der Waals surface area contributed by atoms with Gasteiger partial charge in [0.05, 0.1) is 17.6 Å². The summed E-state index contributed by atoms with van der Waals surface area (Å²) in [6.07, 6.45) is 1.83. The highest BCUT2D eigenvalue weighted by atomic mass is 32.1. The standard InChI is InChI=1S/C16H16N2O2S/c1-2-5-14-17-15-12(16(19)20)7-3-8-13(15)18(14)10-11-6-4-9-21-11/h3-4,6-9H,2,5,10H2,1H3,(H,19,20). The Morgan fingerprint density at radius 3 is 2.86 bits per heavy atom. The minimum absolute atomic E-state index is 0.273. The Balaban J connectivity index is 2.17. The highest BCUT2D eigenvalue weighted by Crippen LogP contribution is 2.23. The number of carbonyl (C=O) groups is 1. The van der Waals surface area contributed by atoms with Crippen molar-refractivity contribution in [2.75, 3.05) is 0 Å². The first-order valence-corrected chi connectivity index (χ1v) is 7.82. The summed E-state index contributed by atoms with van der Waals surface area (Å²) in [5.74, 6) is 0.0269. The average molecular weight is 300 g/mol. The number of fused-ring (bicyclic) bond motifs is 1. The van der Waals surface area contributed by atoms with Crippen molar-refractivity contribution in [1.82, 2.24) is 9.55 Å². The van der Waals surface area contributed by atoms with Gasteiger partial charge >= 0.3 is 5.97 Å². The summed E-state index contributed by atoms with van der Waals surface area (Å²) in [6.45, 7) is 2.85. The third kappa shape index (κ3) is 2.56. The molecule has 0 spiro atoms. The molecule has 0 saturated heterocycles. The molecule has 0 bridgehead atoms. The number of hydrogen-bond donors (Lipinski definition) is 1. The lowest BCUT2D eigenvalue weighted by molar-refractivity contribution is 0.0699. The second-order valence-corrected chi connectivity index (χ2v) is 5.95. The Morgan fingerprint density at radius 2 is 2.19 bits per heavy atom. The number of imidazole rings is 1. The number of nitrogens with zero attached hydrogens (tertiary/aromatic N) is 2. The molecule has 0 aliphatic carbocycles. The quantitative estimate of drug-likeness (QED) is 0.780. The van der Waals surface area contributed by atoms with E-state index in [0.717, 1.165) is 30.7 Å². The molecule has 3 aromatic rings. The second-order valence-electron chi connectivity index (χ2n) is 4.92. The third-order valence-electron chi connectivity index (χ3n) is 3.46. The third-order valence-corrected chi connectivity index (χ3v) is 4.32. The number of para-hydroxylation sites is 1. The average Bonchev–Trinajstić information content (AvgIpc) is 3.08. The summed E-state index contributed by atoms with van der Waals surface area (Å²) in [6, 6.07) is 9.47. The fourth-order valence-electron chi connectivity index (χ4n) is 2.52. The van der Waals surface area contributed by atoms with Gasteiger partial charge in [0, 0.05) is 11.3 Å². The van der Waals surface area contributed by atoms with E-state index in [-0.39, 0.29) is 5.56 Å². The summed E-state index contributed by atoms with van der Waals surface area (Å²) in [7, 11) is 0. The Hall–Kier alpha value is -2.14. The van der Waals surface area contributed by atoms with Crippen LogP contribution in [0.15, 0.2) is 35.7 Å². The zero-order valence-corrected chi connectivity index (χ0v) is 12.6. The van der Waals surface area contributed by atoms with Gasteiger partial charge in [-0.15, -0.1) is 11.3 Å². The van der Waals surface area contributed by atoms with Crippen LogP contribution in [0.25, 0.3) is 11.0 Å². The number of carboxylic acids is 1. The smallest absolute Gasteiger partial charge is 0.337 e. The van der Waals surface area contributed by atoms with Gasteiger partial charge in [0.25, 0.3) is 0 Å². The Bertz CT molecular complexity index is 775. The number of benzene rings is 1. The van der Waals surface area contributed by atoms with Crippen LogP contribution in [-0.2, 0) is 13.0 Å². The number of aryl methyl sites for hydroxylation is 1. The highest BCUT2D eigenvalue weighted by molar-refractivity contribution is 7.09. The molecular formula is C16H16N2O2S. The summed E-state index contributed by atoms with van der Waals surface area (Å²) in [5.41, 5.74) is 1.76. The molecular weight excluding hydrogens is 284 g/mol. The van der Waals surface area contributed by atoms with E-state index in [1.807, 2.05) is 12.1 Å². The van der Waals surface area contributed by atoms with E-state index in [2.05, 4.69) is 27.9 Å². The van der Waals surface area contributed by atoms with Gasteiger partial charge < -0.3 is 9.67 Å². The molecule has 0 fully saturated rings. The maximum Gasteiger partial charge on any atom is 0.337 e. The van der Waals surface area contributed by atoms with Crippen molar-refractivity contribution in [3.63, 3.8) is 0 Å². The lowest BCUT2D eigenvalue weighted by Gasteiger charge is -2.07. The van der Waals surface area contributed by atoms with Gasteiger partial charge in [-0.25, -0.2) is 9.78 Å². The van der Waals surface area contributed by atoms with Gasteiger partial charge in [0.15, 0.2) is 0 Å². The number of aromatic carboxylic acids is 1. The summed E-state index contributed by atoms with van der Waals surface area (Å²) >= 11 is 1.70. The Kier molecular flexibility index (Phi) is 3.75. The van der Waals surface area contributed by atoms with Gasteiger partial charge in [0.2, 0.25) is 0 Å². The van der Waals surface area contributed by atoms with Crippen molar-refractivity contribution in [2.24, 2.45) is 0 Å². The van der Waals surface area contributed by atoms with Crippen molar-refractivity contribution in [2.45, 2.75) is 26.3 Å². The first kappa shape index (κ1) is 13.8. The maximum atomic E-state index is 11.4. The van der Waals surface area contributed by atoms with Crippen LogP contribution < -0.4 is 0 Å². The molecule has 3 rings (SSSR count). The minimum Gasteiger partial charge on any atom is -0.478 e. The fraction of sp³-hybridized carbons (Fsp3) is 0.250. The van der Waals surface area contributed by atoms with Gasteiger partial charge in [-0.1, -0.05) is 19.1 Å². The minimum atomic E-state index is -0.926. The lowest BCUT2D eigenvalue weighted by Crippen LogP contribution is -2.04. The summed E-state index contributed by atoms with van der Waals surface area (Å²) in [5, 5.41) is 11.4. The van der Waals surface area contributed by atoms with Crippen LogP contribution in [-0.4, -0.2) is 20.6 Å². The van der Waals surface area contributed by atoms with Gasteiger partial charge in [0.1, 0.15) is 11.3 Å². The maximum absolute atomic E-state index is 11.4. The SMILES string of the molecule is CCCc1nc2c(C(=O)O)cccc2n1Cc1cccs1. The zero-order chi connectivity index (χ0) is 14.8. The fourth-order valence-corrected chi connectivity index (χ4v) is 3.21. The molecule has 0 atom stereocenters. The number of hydrogen-bond acceptors (Lipinski definition) is 3. The van der Waals surface area contributed by atoms with E-state index in [4.69, 9.17) is 0 Å².